The summed E-state index contributed by atoms with van der Waals surface area (Å²) < 4.78 is 22.2. The summed E-state index contributed by atoms with van der Waals surface area (Å²) in [4.78, 5) is 31.0. The molecule has 0 spiro atoms. The smallest absolute Gasteiger partial charge is 1.00 e. The van der Waals surface area contributed by atoms with Gasteiger partial charge in [0.1, 0.15) is 0 Å². The Bertz CT molecular complexity index is 170. The maximum absolute atomic E-state index is 9.63. The van der Waals surface area contributed by atoms with E-state index in [1.165, 1.54) is 0 Å². The van der Waals surface area contributed by atoms with Crippen LogP contribution >= 0.6 is 15.6 Å². The second-order valence-corrected chi connectivity index (χ2v) is 3.68. The van der Waals surface area contributed by atoms with Crippen molar-refractivity contribution < 1.29 is 115 Å². The summed E-state index contributed by atoms with van der Waals surface area (Å²) in [6, 6.07) is 0. The van der Waals surface area contributed by atoms with Gasteiger partial charge in [0.25, 0.3) is 0 Å². The number of phosphoric acid groups is 2. The maximum Gasteiger partial charge on any atom is 1.00 e. The Hall–Kier alpha value is 2.82. The minimum absolute atomic E-state index is 0. The van der Waals surface area contributed by atoms with Gasteiger partial charge in [0.2, 0.25) is 0 Å². The normalized spacial score (nSPS) is 9.54. The van der Waals surface area contributed by atoms with Crippen molar-refractivity contribution in [3.05, 3.63) is 0 Å². The van der Waals surface area contributed by atoms with E-state index < -0.39 is 15.6 Å². The molecule has 0 aromatic carbocycles. The second-order valence-electron chi connectivity index (χ2n) is 1.06. The van der Waals surface area contributed by atoms with Crippen molar-refractivity contribution in [2.75, 3.05) is 0 Å². The molecule has 0 saturated carbocycles. The summed E-state index contributed by atoms with van der Waals surface area (Å²) in [5.74, 6) is 0. The molecule has 13 heteroatoms. The first-order chi connectivity index (χ1) is 3.71. The van der Waals surface area contributed by atoms with Crippen LogP contribution in [0, 0.1) is 0 Å². The fourth-order valence-electron chi connectivity index (χ4n) is 0.139. The molecule has 0 aromatic rings. The van der Waals surface area contributed by atoms with Crippen LogP contribution in [0.15, 0.2) is 0 Å². The van der Waals surface area contributed by atoms with Crippen molar-refractivity contribution in [2.24, 2.45) is 0 Å². The molecule has 0 aliphatic carbocycles. The fourth-order valence-corrected chi connectivity index (χ4v) is 1.25. The average molecular weight is 369 g/mol. The van der Waals surface area contributed by atoms with E-state index in [1.54, 1.807) is 0 Å². The molecule has 0 aliphatic rings. The van der Waals surface area contributed by atoms with Crippen molar-refractivity contribution >= 4 is 15.6 Å². The van der Waals surface area contributed by atoms with Crippen LogP contribution in [0.1, 0.15) is 1.43 Å². The zero-order valence-corrected chi connectivity index (χ0v) is 13.2. The van der Waals surface area contributed by atoms with Gasteiger partial charge in [-0.05, 0) is 0 Å². The number of hydrogen-bond donors (Lipinski definition) is 4. The van der Waals surface area contributed by atoms with Gasteiger partial charge < -0.3 is 21.0 Å². The molecule has 0 fully saturated rings. The van der Waals surface area contributed by atoms with E-state index in [0.717, 1.165) is 0 Å². The molecule has 13 heavy (non-hydrogen) atoms. The Morgan fingerprint density at radius 1 is 0.923 bits per heavy atom. The van der Waals surface area contributed by atoms with Crippen molar-refractivity contribution in [1.82, 2.24) is 0 Å². The topological polar surface area (TPSA) is 124 Å². The third-order valence-corrected chi connectivity index (χ3v) is 1.91. The van der Waals surface area contributed by atoms with Gasteiger partial charge in [-0.2, -0.15) is 4.31 Å². The predicted octanol–water partition coefficient (Wildman–Crippen LogP) is -3.70. The Morgan fingerprint density at radius 3 is 1.08 bits per heavy atom. The zero-order chi connectivity index (χ0) is 7.71. The molecule has 0 bridgehead atoms. The van der Waals surface area contributed by atoms with Gasteiger partial charge in [-0.1, -0.05) is 0 Å². The molecule has 0 heterocycles. The van der Waals surface area contributed by atoms with Gasteiger partial charge in [0, 0.05) is 51.2 Å². The molecule has 7 nitrogen and oxygen atoms in total. The molecular weight excluding hydrogens is 364 g/mol. The molecular formula is H5Fe2MnNaO7P2. The first kappa shape index (κ1) is 29.7. The Morgan fingerprint density at radius 2 is 1.08 bits per heavy atom. The number of hydrogen-bond acceptors (Lipinski definition) is 3. The van der Waals surface area contributed by atoms with Crippen LogP contribution in [0.25, 0.3) is 0 Å². The molecule has 0 atom stereocenters. The van der Waals surface area contributed by atoms with Gasteiger partial charge in [-0.3, -0.25) is 0 Å². The monoisotopic (exact) mass is 369 g/mol. The Kier molecular flexibility index (Phi) is 25.8. The third-order valence-electron chi connectivity index (χ3n) is 0.213. The van der Waals surface area contributed by atoms with Crippen LogP contribution in [0.5, 0.6) is 0 Å². The average Bonchev–Trinajstić information content (AvgIpc) is 1.14. The minimum Gasteiger partial charge on any atom is -1.00 e. The standard InChI is InChI=1S/2Fe.Mn.Na.H4O7P2.H/c;;;;1-8(2,3)7-9(4,5)6;/h;;;;(H2,1,2,3)(H2,4,5,6);/q;;;+1;;-1. The maximum atomic E-state index is 9.63. The Labute approximate surface area is 129 Å². The van der Waals surface area contributed by atoms with Gasteiger partial charge >= 0.3 is 45.2 Å². The van der Waals surface area contributed by atoms with E-state index in [0.29, 0.717) is 0 Å². The van der Waals surface area contributed by atoms with Gasteiger partial charge in [-0.15, -0.1) is 0 Å². The minimum atomic E-state index is -5.05. The van der Waals surface area contributed by atoms with E-state index in [4.69, 9.17) is 19.6 Å². The molecule has 4 N–H and O–H groups in total. The summed E-state index contributed by atoms with van der Waals surface area (Å²) in [5, 5.41) is 0. The van der Waals surface area contributed by atoms with Crippen molar-refractivity contribution in [1.29, 1.82) is 0 Å². The van der Waals surface area contributed by atoms with E-state index in [9.17, 15) is 9.13 Å². The third kappa shape index (κ3) is 31.3. The second kappa shape index (κ2) is 11.3. The molecule has 0 amide bonds. The van der Waals surface area contributed by atoms with Crippen LogP contribution in [-0.4, -0.2) is 19.6 Å². The first-order valence-corrected chi connectivity index (χ1v) is 4.59. The van der Waals surface area contributed by atoms with Crippen LogP contribution in [0.3, 0.4) is 0 Å². The SMILES string of the molecule is O=P(O)(O)OP(=O)(O)O.[Fe].[Fe].[H-].[Mn].[Na+]. The van der Waals surface area contributed by atoms with Crippen LogP contribution < -0.4 is 29.6 Å². The molecule has 0 aliphatic heterocycles. The largest absolute Gasteiger partial charge is 1.00 e. The molecule has 0 unspecified atom stereocenters. The van der Waals surface area contributed by atoms with Crippen LogP contribution in [0.4, 0.5) is 0 Å². The van der Waals surface area contributed by atoms with Crippen molar-refractivity contribution in [3.63, 3.8) is 0 Å². The van der Waals surface area contributed by atoms with Crippen LogP contribution in [0.2, 0.25) is 0 Å². The van der Waals surface area contributed by atoms with Crippen molar-refractivity contribution in [2.45, 2.75) is 0 Å². The molecule has 81 valence electrons. The molecule has 1 radical (unpaired) electrons. The van der Waals surface area contributed by atoms with Gasteiger partial charge in [0.15, 0.2) is 0 Å². The van der Waals surface area contributed by atoms with Crippen LogP contribution in [-0.2, 0) is 64.6 Å². The summed E-state index contributed by atoms with van der Waals surface area (Å²) >= 11 is 0. The summed E-state index contributed by atoms with van der Waals surface area (Å²) in [6.07, 6.45) is 0. The fraction of sp³-hybridized carbons (Fsp3) is 0. The summed E-state index contributed by atoms with van der Waals surface area (Å²) in [7, 11) is -10.1. The van der Waals surface area contributed by atoms with Gasteiger partial charge in [-0.25, -0.2) is 9.13 Å². The number of rotatable bonds is 2. The molecule has 0 rings (SSSR count). The van der Waals surface area contributed by atoms with E-state index >= 15 is 0 Å². The zero-order valence-electron chi connectivity index (χ0n) is 6.99. The molecule has 0 saturated heterocycles. The van der Waals surface area contributed by atoms with E-state index in [1.807, 2.05) is 0 Å². The summed E-state index contributed by atoms with van der Waals surface area (Å²) in [6.45, 7) is 0. The summed E-state index contributed by atoms with van der Waals surface area (Å²) in [5.41, 5.74) is 0. The van der Waals surface area contributed by atoms with E-state index in [2.05, 4.69) is 4.31 Å². The quantitative estimate of drug-likeness (QED) is 0.292. The van der Waals surface area contributed by atoms with E-state index in [-0.39, 0.29) is 82.2 Å². The van der Waals surface area contributed by atoms with Gasteiger partial charge in [0.05, 0.1) is 0 Å². The Balaban J connectivity index is -0.0000000320. The van der Waals surface area contributed by atoms with Crippen molar-refractivity contribution in [3.8, 4) is 0 Å². The predicted molar refractivity (Wildman–Crippen MR) is 26.3 cm³/mol. The first-order valence-electron chi connectivity index (χ1n) is 1.53. The molecule has 0 aromatic heterocycles.